The van der Waals surface area contributed by atoms with Crippen LogP contribution in [0.5, 0.6) is 0 Å². The van der Waals surface area contributed by atoms with Crippen LogP contribution in [0.25, 0.3) is 0 Å². The first kappa shape index (κ1) is 22.6. The van der Waals surface area contributed by atoms with Gasteiger partial charge in [0.05, 0.1) is 11.5 Å². The summed E-state index contributed by atoms with van der Waals surface area (Å²) in [7, 11) is 0. The van der Waals surface area contributed by atoms with E-state index in [0.717, 1.165) is 6.42 Å². The molecule has 2 unspecified atom stereocenters. The first-order valence-corrected chi connectivity index (χ1v) is 7.81. The number of carbonyl (C=O) groups is 3. The average molecular weight is 357 g/mol. The first-order chi connectivity index (χ1) is 11.3. The molecule has 0 amide bonds. The number of hydrogen-bond donors (Lipinski definition) is 4. The maximum Gasteiger partial charge on any atom is 0.334 e. The number of allylic oxidation sites excluding steroid dienone is 1. The van der Waals surface area contributed by atoms with E-state index in [1.807, 2.05) is 6.92 Å². The number of ether oxygens (including phenoxy) is 1. The number of carboxylic acid groups (broad SMARTS) is 2. The molecule has 0 fully saturated rings. The Morgan fingerprint density at radius 2 is 1.76 bits per heavy atom. The zero-order chi connectivity index (χ0) is 20.0. The number of aliphatic carboxylic acids is 2. The molecule has 0 radical (unpaired) electrons. The Morgan fingerprint density at radius 3 is 2.08 bits per heavy atom. The van der Waals surface area contributed by atoms with Crippen LogP contribution in [0.4, 0.5) is 0 Å². The van der Waals surface area contributed by atoms with Crippen LogP contribution < -0.4 is 5.73 Å². The summed E-state index contributed by atoms with van der Waals surface area (Å²) in [5.41, 5.74) is 2.22. The minimum absolute atomic E-state index is 0.159. The molecule has 0 aromatic rings. The molecule has 0 saturated heterocycles. The molecule has 0 saturated carbocycles. The van der Waals surface area contributed by atoms with Crippen LogP contribution in [0.15, 0.2) is 23.4 Å². The molecule has 25 heavy (non-hydrogen) atoms. The van der Waals surface area contributed by atoms with E-state index >= 15 is 0 Å². The van der Waals surface area contributed by atoms with Gasteiger partial charge in [0.15, 0.2) is 0 Å². The largest absolute Gasteiger partial charge is 0.481 e. The molecule has 0 bridgehead atoms. The molecule has 8 nitrogen and oxygen atoms in total. The van der Waals surface area contributed by atoms with Crippen LogP contribution >= 0.6 is 0 Å². The van der Waals surface area contributed by atoms with E-state index in [1.54, 1.807) is 20.8 Å². The van der Waals surface area contributed by atoms with Crippen LogP contribution in [-0.2, 0) is 19.1 Å². The fourth-order valence-corrected chi connectivity index (χ4v) is 2.22. The van der Waals surface area contributed by atoms with Gasteiger partial charge < -0.3 is 25.8 Å². The monoisotopic (exact) mass is 357 g/mol. The topological polar surface area (TPSA) is 147 Å². The van der Waals surface area contributed by atoms with Crippen molar-refractivity contribution in [1.82, 2.24) is 0 Å². The standard InChI is InChI=1S/C14H19NO6.C3H8O/c1-13(2,3)21-12(20)14(4)7(10(16)17)5-6-8(15)9(14)11(18)19;1-2-3-4/h5-7H,15H2,1-4H3,(H,16,17)(H,18,19);4H,2-3H2,1H3. The molecule has 1 aliphatic rings. The van der Waals surface area contributed by atoms with Crippen molar-refractivity contribution in [1.29, 1.82) is 0 Å². The van der Waals surface area contributed by atoms with Gasteiger partial charge in [0, 0.05) is 12.3 Å². The minimum Gasteiger partial charge on any atom is -0.481 e. The molecule has 8 heteroatoms. The van der Waals surface area contributed by atoms with Gasteiger partial charge in [-0.1, -0.05) is 13.0 Å². The van der Waals surface area contributed by atoms with Crippen molar-refractivity contribution >= 4 is 17.9 Å². The summed E-state index contributed by atoms with van der Waals surface area (Å²) < 4.78 is 5.20. The first-order valence-electron chi connectivity index (χ1n) is 7.81. The fourth-order valence-electron chi connectivity index (χ4n) is 2.22. The average Bonchev–Trinajstić information content (AvgIpc) is 2.44. The lowest BCUT2D eigenvalue weighted by Crippen LogP contribution is -2.48. The minimum atomic E-state index is -1.90. The van der Waals surface area contributed by atoms with Gasteiger partial charge in [-0.3, -0.25) is 9.59 Å². The molecule has 0 aliphatic heterocycles. The Bertz CT molecular complexity index is 584. The second kappa shape index (κ2) is 8.66. The van der Waals surface area contributed by atoms with Crippen molar-refractivity contribution < 1.29 is 34.4 Å². The zero-order valence-electron chi connectivity index (χ0n) is 15.2. The second-order valence-corrected chi connectivity index (χ2v) is 6.74. The predicted octanol–water partition coefficient (Wildman–Crippen LogP) is 1.29. The van der Waals surface area contributed by atoms with Crippen LogP contribution in [0, 0.1) is 11.3 Å². The maximum absolute atomic E-state index is 12.4. The highest BCUT2D eigenvalue weighted by atomic mass is 16.6. The van der Waals surface area contributed by atoms with Crippen molar-refractivity contribution in [2.75, 3.05) is 6.61 Å². The van der Waals surface area contributed by atoms with Gasteiger partial charge in [0.2, 0.25) is 0 Å². The summed E-state index contributed by atoms with van der Waals surface area (Å²) in [6.45, 7) is 8.29. The number of carbonyl (C=O) groups excluding carboxylic acids is 1. The summed E-state index contributed by atoms with van der Waals surface area (Å²) >= 11 is 0. The number of aliphatic hydroxyl groups excluding tert-OH is 1. The number of nitrogens with two attached hydrogens (primary N) is 1. The lowest BCUT2D eigenvalue weighted by molar-refractivity contribution is -0.172. The number of carboxylic acids is 2. The number of hydrogen-bond acceptors (Lipinski definition) is 6. The summed E-state index contributed by atoms with van der Waals surface area (Å²) in [4.78, 5) is 35.3. The van der Waals surface area contributed by atoms with E-state index in [-0.39, 0.29) is 5.70 Å². The maximum atomic E-state index is 12.4. The van der Waals surface area contributed by atoms with E-state index in [0.29, 0.717) is 6.61 Å². The molecule has 2 atom stereocenters. The smallest absolute Gasteiger partial charge is 0.334 e. The van der Waals surface area contributed by atoms with Gasteiger partial charge >= 0.3 is 17.9 Å². The van der Waals surface area contributed by atoms with Gasteiger partial charge in [-0.2, -0.15) is 0 Å². The van der Waals surface area contributed by atoms with E-state index in [1.165, 1.54) is 19.1 Å². The van der Waals surface area contributed by atoms with Crippen molar-refractivity contribution in [2.24, 2.45) is 17.1 Å². The van der Waals surface area contributed by atoms with Crippen LogP contribution in [0.3, 0.4) is 0 Å². The summed E-state index contributed by atoms with van der Waals surface area (Å²) in [5, 5.41) is 26.5. The molecule has 0 heterocycles. The van der Waals surface area contributed by atoms with E-state index in [2.05, 4.69) is 0 Å². The molecule has 142 valence electrons. The zero-order valence-corrected chi connectivity index (χ0v) is 15.2. The predicted molar refractivity (Wildman–Crippen MR) is 90.4 cm³/mol. The Labute approximate surface area is 147 Å². The van der Waals surface area contributed by atoms with E-state index < -0.39 is 40.4 Å². The lowest BCUT2D eigenvalue weighted by Gasteiger charge is -2.37. The molecule has 0 spiro atoms. The van der Waals surface area contributed by atoms with Crippen LogP contribution in [-0.4, -0.2) is 45.4 Å². The van der Waals surface area contributed by atoms with Gasteiger partial charge in [-0.25, -0.2) is 4.79 Å². The van der Waals surface area contributed by atoms with Gasteiger partial charge in [0.1, 0.15) is 11.0 Å². The third-order valence-electron chi connectivity index (χ3n) is 3.42. The number of aliphatic hydroxyl groups is 1. The highest BCUT2D eigenvalue weighted by Crippen LogP contribution is 2.43. The normalized spacial score (nSPS) is 22.7. The molecular formula is C17H27NO7. The Hall–Kier alpha value is -2.35. The third-order valence-corrected chi connectivity index (χ3v) is 3.42. The third kappa shape index (κ3) is 5.60. The highest BCUT2D eigenvalue weighted by molar-refractivity contribution is 6.01. The van der Waals surface area contributed by atoms with E-state index in [4.69, 9.17) is 15.6 Å². The van der Waals surface area contributed by atoms with E-state index in [9.17, 15) is 24.6 Å². The summed E-state index contributed by atoms with van der Waals surface area (Å²) in [6, 6.07) is 0. The number of rotatable bonds is 4. The SMILES string of the molecule is CC(C)(C)OC(=O)C1(C)C(C(=O)O)=C(N)C=CC1C(=O)O.CCCO. The lowest BCUT2D eigenvalue weighted by atomic mass is 9.67. The van der Waals surface area contributed by atoms with Gasteiger partial charge in [-0.05, 0) is 40.2 Å². The number of esters is 1. The van der Waals surface area contributed by atoms with Crippen molar-refractivity contribution in [3.63, 3.8) is 0 Å². The second-order valence-electron chi connectivity index (χ2n) is 6.74. The molecule has 5 N–H and O–H groups in total. The summed E-state index contributed by atoms with van der Waals surface area (Å²) in [6.07, 6.45) is 3.27. The van der Waals surface area contributed by atoms with Crippen LogP contribution in [0.1, 0.15) is 41.0 Å². The molecule has 0 aromatic carbocycles. The Morgan fingerprint density at radius 1 is 1.28 bits per heavy atom. The Kier molecular flexibility index (Phi) is 7.85. The van der Waals surface area contributed by atoms with Crippen molar-refractivity contribution in [3.8, 4) is 0 Å². The quantitative estimate of drug-likeness (QED) is 0.550. The molecule has 1 aliphatic carbocycles. The van der Waals surface area contributed by atoms with Crippen molar-refractivity contribution in [2.45, 2.75) is 46.6 Å². The molecular weight excluding hydrogens is 330 g/mol. The summed E-state index contributed by atoms with van der Waals surface area (Å²) in [5.74, 6) is -5.08. The molecule has 1 rings (SSSR count). The highest BCUT2D eigenvalue weighted by Gasteiger charge is 2.54. The molecule has 0 aromatic heterocycles. The fraction of sp³-hybridized carbons (Fsp3) is 0.588. The Balaban J connectivity index is 0.00000129. The van der Waals surface area contributed by atoms with Gasteiger partial charge in [0.25, 0.3) is 0 Å². The van der Waals surface area contributed by atoms with Crippen LogP contribution in [0.2, 0.25) is 0 Å². The van der Waals surface area contributed by atoms with Gasteiger partial charge in [-0.15, -0.1) is 0 Å². The van der Waals surface area contributed by atoms with Crippen molar-refractivity contribution in [3.05, 3.63) is 23.4 Å².